The monoisotopic (exact) mass is 475 g/mol. The van der Waals surface area contributed by atoms with Crippen molar-refractivity contribution in [2.24, 2.45) is 22.0 Å². The molecule has 3 N–H and O–H groups in total. The van der Waals surface area contributed by atoms with Gasteiger partial charge in [-0.3, -0.25) is 14.4 Å². The summed E-state index contributed by atoms with van der Waals surface area (Å²) in [4.78, 5) is 39.6. The summed E-state index contributed by atoms with van der Waals surface area (Å²) in [6, 6.07) is 0. The second-order valence-electron chi connectivity index (χ2n) is 9.39. The number of carbonyl (C=O) groups excluding carboxylic acids is 3. The maximum Gasteiger partial charge on any atom is 0.314 e. The quantitative estimate of drug-likeness (QED) is 0.185. The van der Waals surface area contributed by atoms with Crippen LogP contribution in [0.15, 0.2) is 0 Å². The predicted molar refractivity (Wildman–Crippen MR) is 124 cm³/mol. The third kappa shape index (κ3) is 8.22. The Bertz CT molecular complexity index is 620. The molecule has 0 aliphatic carbocycles. The van der Waals surface area contributed by atoms with Gasteiger partial charge in [0, 0.05) is 13.2 Å². The van der Waals surface area contributed by atoms with Crippen molar-refractivity contribution in [3.05, 3.63) is 0 Å². The lowest BCUT2D eigenvalue weighted by molar-refractivity contribution is -0.198. The number of hydrogen-bond acceptors (Lipinski definition) is 9. The van der Waals surface area contributed by atoms with Gasteiger partial charge in [0.1, 0.15) is 19.3 Å². The third-order valence-corrected chi connectivity index (χ3v) is 6.50. The standard InChI is InChI=1S/C24H45NO8/c1-8-10-11-12-13-31-21(29)24(7,22(3,4)19(27)32-15-14-30-9-2)23(5,6)20(28)33-17-18(26)16-25/h18,26H,8-17,25H2,1-7H3. The lowest BCUT2D eigenvalue weighted by Crippen LogP contribution is -2.59. The normalized spacial score (nSPS) is 14.8. The fourth-order valence-electron chi connectivity index (χ4n) is 3.48. The van der Waals surface area contributed by atoms with Crippen LogP contribution in [0.2, 0.25) is 0 Å². The highest BCUT2D eigenvalue weighted by Gasteiger charge is 2.65. The number of nitrogens with two attached hydrogens (primary N) is 1. The zero-order valence-electron chi connectivity index (χ0n) is 21.5. The van der Waals surface area contributed by atoms with Crippen molar-refractivity contribution in [3.8, 4) is 0 Å². The first kappa shape index (κ1) is 31.3. The zero-order chi connectivity index (χ0) is 25.7. The lowest BCUT2D eigenvalue weighted by atomic mass is 9.53. The van der Waals surface area contributed by atoms with Gasteiger partial charge in [0.15, 0.2) is 0 Å². The molecular weight excluding hydrogens is 430 g/mol. The number of aliphatic hydroxyl groups is 1. The van der Waals surface area contributed by atoms with E-state index in [-0.39, 0.29) is 33.0 Å². The van der Waals surface area contributed by atoms with Gasteiger partial charge in [-0.2, -0.15) is 0 Å². The average Bonchev–Trinajstić information content (AvgIpc) is 2.78. The Labute approximate surface area is 198 Å². The first-order valence-electron chi connectivity index (χ1n) is 11.8. The van der Waals surface area contributed by atoms with Crippen LogP contribution in [0.25, 0.3) is 0 Å². The summed E-state index contributed by atoms with van der Waals surface area (Å²) in [5.74, 6) is -2.10. The molecule has 0 bridgehead atoms. The molecule has 0 heterocycles. The zero-order valence-corrected chi connectivity index (χ0v) is 21.5. The van der Waals surface area contributed by atoms with E-state index < -0.39 is 40.3 Å². The summed E-state index contributed by atoms with van der Waals surface area (Å²) < 4.78 is 21.4. The van der Waals surface area contributed by atoms with E-state index in [1.54, 1.807) is 13.8 Å². The number of esters is 3. The van der Waals surface area contributed by atoms with Gasteiger partial charge < -0.3 is 29.8 Å². The van der Waals surface area contributed by atoms with Crippen LogP contribution < -0.4 is 5.73 Å². The summed E-state index contributed by atoms with van der Waals surface area (Å²) in [5, 5.41) is 9.68. The predicted octanol–water partition coefficient (Wildman–Crippen LogP) is 2.61. The molecule has 9 heteroatoms. The number of unbranched alkanes of at least 4 members (excludes halogenated alkanes) is 3. The van der Waals surface area contributed by atoms with Crippen LogP contribution in [0.5, 0.6) is 0 Å². The van der Waals surface area contributed by atoms with Crippen LogP contribution in [-0.2, 0) is 33.3 Å². The van der Waals surface area contributed by atoms with Gasteiger partial charge in [-0.05, 0) is 48.0 Å². The molecule has 9 nitrogen and oxygen atoms in total. The topological polar surface area (TPSA) is 134 Å². The van der Waals surface area contributed by atoms with E-state index in [1.807, 2.05) is 6.92 Å². The van der Waals surface area contributed by atoms with Crippen LogP contribution in [0.4, 0.5) is 0 Å². The van der Waals surface area contributed by atoms with Crippen LogP contribution in [0.1, 0.15) is 74.1 Å². The second-order valence-corrected chi connectivity index (χ2v) is 9.39. The van der Waals surface area contributed by atoms with Crippen molar-refractivity contribution in [2.75, 3.05) is 39.6 Å². The molecule has 2 unspecified atom stereocenters. The second kappa shape index (κ2) is 14.5. The SMILES string of the molecule is CCCCCCOC(=O)C(C)(C(C)(C)C(=O)OCCOCC)C(C)(C)C(=O)OCC(O)CN. The molecule has 194 valence electrons. The molecule has 0 aliphatic heterocycles. The molecule has 0 aromatic heterocycles. The van der Waals surface area contributed by atoms with Crippen molar-refractivity contribution >= 4 is 17.9 Å². The Morgan fingerprint density at radius 2 is 1.33 bits per heavy atom. The lowest BCUT2D eigenvalue weighted by Gasteiger charge is -2.48. The van der Waals surface area contributed by atoms with Crippen LogP contribution in [0, 0.1) is 16.2 Å². The molecule has 0 rings (SSSR count). The number of aliphatic hydroxyl groups excluding tert-OH is 1. The van der Waals surface area contributed by atoms with E-state index in [2.05, 4.69) is 6.92 Å². The average molecular weight is 476 g/mol. The summed E-state index contributed by atoms with van der Waals surface area (Å²) in [7, 11) is 0. The maximum atomic E-state index is 13.4. The smallest absolute Gasteiger partial charge is 0.314 e. The fraction of sp³-hybridized carbons (Fsp3) is 0.875. The molecule has 0 fully saturated rings. The van der Waals surface area contributed by atoms with Gasteiger partial charge in [0.2, 0.25) is 0 Å². The first-order chi connectivity index (χ1) is 15.3. The van der Waals surface area contributed by atoms with Gasteiger partial charge in [-0.25, -0.2) is 0 Å². The van der Waals surface area contributed by atoms with Gasteiger partial charge in [0.25, 0.3) is 0 Å². The fourth-order valence-corrected chi connectivity index (χ4v) is 3.48. The molecule has 33 heavy (non-hydrogen) atoms. The molecule has 0 aromatic carbocycles. The molecular formula is C24H45NO8. The van der Waals surface area contributed by atoms with E-state index in [0.717, 1.165) is 19.3 Å². The molecule has 0 radical (unpaired) electrons. The highest BCUT2D eigenvalue weighted by molar-refractivity contribution is 5.93. The van der Waals surface area contributed by atoms with E-state index in [4.69, 9.17) is 24.7 Å². The van der Waals surface area contributed by atoms with Crippen molar-refractivity contribution in [3.63, 3.8) is 0 Å². The van der Waals surface area contributed by atoms with Gasteiger partial charge in [-0.15, -0.1) is 0 Å². The minimum Gasteiger partial charge on any atom is -0.465 e. The first-order valence-corrected chi connectivity index (χ1v) is 11.8. The van der Waals surface area contributed by atoms with Crippen LogP contribution in [-0.4, -0.2) is 68.7 Å². The van der Waals surface area contributed by atoms with Crippen molar-refractivity contribution in [2.45, 2.75) is 80.3 Å². The number of rotatable bonds is 17. The van der Waals surface area contributed by atoms with Gasteiger partial charge in [-0.1, -0.05) is 26.2 Å². The van der Waals surface area contributed by atoms with Crippen LogP contribution >= 0.6 is 0 Å². The Morgan fingerprint density at radius 1 is 0.788 bits per heavy atom. The van der Waals surface area contributed by atoms with Crippen molar-refractivity contribution < 1.29 is 38.4 Å². The Balaban J connectivity index is 5.87. The largest absolute Gasteiger partial charge is 0.465 e. The summed E-state index contributed by atoms with van der Waals surface area (Å²) in [6.07, 6.45) is 2.62. The highest BCUT2D eigenvalue weighted by Crippen LogP contribution is 2.54. The Morgan fingerprint density at radius 3 is 1.85 bits per heavy atom. The van der Waals surface area contributed by atoms with E-state index in [1.165, 1.54) is 20.8 Å². The summed E-state index contributed by atoms with van der Waals surface area (Å²) in [6.45, 7) is 12.1. The minimum atomic E-state index is -1.64. The van der Waals surface area contributed by atoms with Crippen molar-refractivity contribution in [1.82, 2.24) is 0 Å². The molecule has 0 amide bonds. The molecule has 0 spiro atoms. The molecule has 0 aliphatic rings. The maximum absolute atomic E-state index is 13.4. The van der Waals surface area contributed by atoms with Gasteiger partial charge >= 0.3 is 17.9 Å². The van der Waals surface area contributed by atoms with E-state index in [9.17, 15) is 19.5 Å². The van der Waals surface area contributed by atoms with Crippen molar-refractivity contribution in [1.29, 1.82) is 0 Å². The highest BCUT2D eigenvalue weighted by atomic mass is 16.6. The third-order valence-electron chi connectivity index (χ3n) is 6.50. The van der Waals surface area contributed by atoms with E-state index in [0.29, 0.717) is 13.0 Å². The number of hydrogen-bond donors (Lipinski definition) is 2. The summed E-state index contributed by atoms with van der Waals surface area (Å²) in [5.41, 5.74) is 0.795. The number of ether oxygens (including phenoxy) is 4. The van der Waals surface area contributed by atoms with Crippen LogP contribution in [0.3, 0.4) is 0 Å². The molecule has 0 saturated heterocycles. The minimum absolute atomic E-state index is 0.0197. The molecule has 2 atom stereocenters. The summed E-state index contributed by atoms with van der Waals surface area (Å²) >= 11 is 0. The van der Waals surface area contributed by atoms with Gasteiger partial charge in [0.05, 0.1) is 29.5 Å². The van der Waals surface area contributed by atoms with E-state index >= 15 is 0 Å². The Hall–Kier alpha value is -1.71. The number of carbonyl (C=O) groups is 3. The molecule has 0 saturated carbocycles. The molecule has 0 aromatic rings. The Kier molecular flexibility index (Phi) is 13.8.